The van der Waals surface area contributed by atoms with Crippen molar-refractivity contribution in [1.82, 2.24) is 9.80 Å². The number of piperidine rings is 1. The van der Waals surface area contributed by atoms with Crippen molar-refractivity contribution in [2.45, 2.75) is 38.7 Å². The number of amides is 2. The maximum atomic E-state index is 12.3. The molecule has 1 heterocycles. The molecule has 0 saturated carbocycles. The van der Waals surface area contributed by atoms with Crippen LogP contribution in [0.4, 0.5) is 13.6 Å². The molecule has 0 aromatic heterocycles. The van der Waals surface area contributed by atoms with Crippen molar-refractivity contribution in [3.05, 3.63) is 0 Å². The van der Waals surface area contributed by atoms with E-state index < -0.39 is 31.0 Å². The first-order valence-electron chi connectivity index (χ1n) is 6.39. The second kappa shape index (κ2) is 6.68. The van der Waals surface area contributed by atoms with Crippen molar-refractivity contribution >= 4 is 12.0 Å². The minimum Gasteiger partial charge on any atom is -0.480 e. The zero-order valence-corrected chi connectivity index (χ0v) is 11.2. The molecule has 1 fully saturated rings. The van der Waals surface area contributed by atoms with E-state index in [0.717, 1.165) is 11.3 Å². The van der Waals surface area contributed by atoms with Gasteiger partial charge in [-0.2, -0.15) is 0 Å². The second-order valence-corrected chi connectivity index (χ2v) is 4.90. The normalized spacial score (nSPS) is 23.5. The number of hydrogen-bond acceptors (Lipinski definition) is 2. The number of alkyl halides is 2. The molecule has 7 heteroatoms. The van der Waals surface area contributed by atoms with Crippen LogP contribution >= 0.6 is 0 Å². The van der Waals surface area contributed by atoms with Gasteiger partial charge in [0.25, 0.3) is 6.43 Å². The van der Waals surface area contributed by atoms with E-state index in [9.17, 15) is 23.5 Å². The number of nitrogens with zero attached hydrogens (tertiary/aromatic N) is 2. The Morgan fingerprint density at radius 1 is 1.47 bits per heavy atom. The molecule has 0 bridgehead atoms. The van der Waals surface area contributed by atoms with Crippen LogP contribution in [0.25, 0.3) is 0 Å². The molecule has 110 valence electrons. The van der Waals surface area contributed by atoms with Gasteiger partial charge in [0.15, 0.2) is 0 Å². The topological polar surface area (TPSA) is 60.9 Å². The molecule has 0 aromatic carbocycles. The van der Waals surface area contributed by atoms with Gasteiger partial charge in [-0.15, -0.1) is 0 Å². The summed E-state index contributed by atoms with van der Waals surface area (Å²) in [4.78, 5) is 25.3. The van der Waals surface area contributed by atoms with Crippen molar-refractivity contribution in [2.24, 2.45) is 5.92 Å². The maximum Gasteiger partial charge on any atom is 0.326 e. The fourth-order valence-electron chi connectivity index (χ4n) is 2.38. The Balaban J connectivity index is 2.74. The molecule has 0 aliphatic carbocycles. The van der Waals surface area contributed by atoms with E-state index in [1.165, 1.54) is 11.9 Å². The lowest BCUT2D eigenvalue weighted by Crippen LogP contribution is -2.54. The van der Waals surface area contributed by atoms with Crippen LogP contribution in [0, 0.1) is 5.92 Å². The quantitative estimate of drug-likeness (QED) is 0.854. The van der Waals surface area contributed by atoms with Crippen molar-refractivity contribution in [3.8, 4) is 0 Å². The Bertz CT molecular complexity index is 339. The zero-order valence-electron chi connectivity index (χ0n) is 11.2. The number of rotatable bonds is 4. The largest absolute Gasteiger partial charge is 0.480 e. The van der Waals surface area contributed by atoms with Crippen LogP contribution in [0.1, 0.15) is 26.2 Å². The predicted molar refractivity (Wildman–Crippen MR) is 65.2 cm³/mol. The second-order valence-electron chi connectivity index (χ2n) is 4.90. The van der Waals surface area contributed by atoms with E-state index in [-0.39, 0.29) is 5.92 Å². The van der Waals surface area contributed by atoms with Crippen LogP contribution in [0.2, 0.25) is 0 Å². The number of halogens is 2. The monoisotopic (exact) mass is 278 g/mol. The number of carboxylic acid groups (broad SMARTS) is 1. The van der Waals surface area contributed by atoms with Gasteiger partial charge in [0.1, 0.15) is 6.04 Å². The molecule has 1 aliphatic rings. The highest BCUT2D eigenvalue weighted by Crippen LogP contribution is 2.26. The number of carboxylic acids is 1. The molecule has 0 radical (unpaired) electrons. The van der Waals surface area contributed by atoms with Crippen molar-refractivity contribution < 1.29 is 23.5 Å². The zero-order chi connectivity index (χ0) is 14.6. The summed E-state index contributed by atoms with van der Waals surface area (Å²) in [5.74, 6) is -0.803. The number of carbonyl (C=O) groups excluding carboxylic acids is 1. The van der Waals surface area contributed by atoms with Crippen molar-refractivity contribution in [3.63, 3.8) is 0 Å². The highest BCUT2D eigenvalue weighted by molar-refractivity contribution is 5.82. The minimum absolute atomic E-state index is 0.269. The summed E-state index contributed by atoms with van der Waals surface area (Å²) in [6.45, 7) is 1.60. The fourth-order valence-corrected chi connectivity index (χ4v) is 2.38. The van der Waals surface area contributed by atoms with E-state index >= 15 is 0 Å². The van der Waals surface area contributed by atoms with E-state index in [1.807, 2.05) is 6.92 Å². The lowest BCUT2D eigenvalue weighted by atomic mass is 9.89. The average molecular weight is 278 g/mol. The molecule has 2 amide bonds. The Morgan fingerprint density at radius 3 is 2.58 bits per heavy atom. The summed E-state index contributed by atoms with van der Waals surface area (Å²) in [5.41, 5.74) is 0. The van der Waals surface area contributed by atoms with Gasteiger partial charge in [0, 0.05) is 13.6 Å². The molecule has 1 N–H and O–H groups in total. The van der Waals surface area contributed by atoms with Crippen molar-refractivity contribution in [2.75, 3.05) is 20.1 Å². The molecular formula is C12H20F2N2O3. The Kier molecular flexibility index (Phi) is 5.50. The lowest BCUT2D eigenvalue weighted by Gasteiger charge is -2.38. The van der Waals surface area contributed by atoms with Gasteiger partial charge in [0.05, 0.1) is 6.54 Å². The summed E-state index contributed by atoms with van der Waals surface area (Å²) in [5, 5.41) is 9.17. The molecule has 2 unspecified atom stereocenters. The van der Waals surface area contributed by atoms with Crippen LogP contribution in [0.5, 0.6) is 0 Å². The van der Waals surface area contributed by atoms with Gasteiger partial charge < -0.3 is 14.9 Å². The van der Waals surface area contributed by atoms with Gasteiger partial charge in [-0.05, 0) is 18.8 Å². The number of urea groups is 1. The van der Waals surface area contributed by atoms with Crippen LogP contribution < -0.4 is 0 Å². The fraction of sp³-hybridized carbons (Fsp3) is 0.833. The van der Waals surface area contributed by atoms with Crippen LogP contribution in [0.3, 0.4) is 0 Å². The highest BCUT2D eigenvalue weighted by atomic mass is 19.3. The van der Waals surface area contributed by atoms with Gasteiger partial charge in [-0.25, -0.2) is 18.4 Å². The summed E-state index contributed by atoms with van der Waals surface area (Å²) in [6, 6.07) is -1.55. The summed E-state index contributed by atoms with van der Waals surface area (Å²) in [7, 11) is 1.26. The van der Waals surface area contributed by atoms with Crippen LogP contribution in [0.15, 0.2) is 0 Å². The van der Waals surface area contributed by atoms with Gasteiger partial charge in [-0.1, -0.05) is 13.3 Å². The third-order valence-corrected chi connectivity index (χ3v) is 3.56. The average Bonchev–Trinajstić information content (AvgIpc) is 2.36. The van der Waals surface area contributed by atoms with Crippen molar-refractivity contribution in [1.29, 1.82) is 0 Å². The van der Waals surface area contributed by atoms with E-state index in [2.05, 4.69) is 0 Å². The SMILES string of the molecule is CCC1CCN(C(=O)N(C)CC(F)F)C(C(=O)O)C1. The summed E-state index contributed by atoms with van der Waals surface area (Å²) >= 11 is 0. The Hall–Kier alpha value is -1.40. The molecular weight excluding hydrogens is 258 g/mol. The van der Waals surface area contributed by atoms with Gasteiger partial charge in [-0.3, -0.25) is 0 Å². The van der Waals surface area contributed by atoms with E-state index in [0.29, 0.717) is 19.4 Å². The lowest BCUT2D eigenvalue weighted by molar-refractivity contribution is -0.144. The summed E-state index contributed by atoms with van der Waals surface area (Å²) < 4.78 is 24.5. The first-order valence-corrected chi connectivity index (χ1v) is 6.39. The van der Waals surface area contributed by atoms with Gasteiger partial charge >= 0.3 is 12.0 Å². The first-order chi connectivity index (χ1) is 8.86. The molecule has 5 nitrogen and oxygen atoms in total. The van der Waals surface area contributed by atoms with E-state index in [1.54, 1.807) is 0 Å². The maximum absolute atomic E-state index is 12.3. The smallest absolute Gasteiger partial charge is 0.326 e. The number of likely N-dealkylation sites (tertiary alicyclic amines) is 1. The predicted octanol–water partition coefficient (Wildman–Crippen LogP) is 1.88. The van der Waals surface area contributed by atoms with Crippen LogP contribution in [-0.2, 0) is 4.79 Å². The third-order valence-electron chi connectivity index (χ3n) is 3.56. The number of hydrogen-bond donors (Lipinski definition) is 1. The standard InChI is InChI=1S/C12H20F2N2O3/c1-3-8-4-5-16(9(6-8)11(17)18)12(19)15(2)7-10(13)14/h8-10H,3-7H2,1-2H3,(H,17,18). The molecule has 2 atom stereocenters. The molecule has 0 aromatic rings. The summed E-state index contributed by atoms with van der Waals surface area (Å²) in [6.07, 6.45) is -0.654. The molecule has 1 rings (SSSR count). The number of aliphatic carboxylic acids is 1. The van der Waals surface area contributed by atoms with E-state index in [4.69, 9.17) is 0 Å². The molecule has 1 saturated heterocycles. The highest BCUT2D eigenvalue weighted by Gasteiger charge is 2.37. The molecule has 1 aliphatic heterocycles. The van der Waals surface area contributed by atoms with Crippen LogP contribution in [-0.4, -0.2) is 59.5 Å². The molecule has 0 spiro atoms. The number of carbonyl (C=O) groups is 2. The first kappa shape index (κ1) is 15.7. The Labute approximate surface area is 111 Å². The van der Waals surface area contributed by atoms with Gasteiger partial charge in [0.2, 0.25) is 0 Å². The minimum atomic E-state index is -2.62. The molecule has 19 heavy (non-hydrogen) atoms. The third kappa shape index (κ3) is 4.04. The Morgan fingerprint density at radius 2 is 2.11 bits per heavy atom.